The predicted octanol–water partition coefficient (Wildman–Crippen LogP) is 4.64. The van der Waals surface area contributed by atoms with Crippen LogP contribution in [0.2, 0.25) is 0 Å². The van der Waals surface area contributed by atoms with E-state index in [1.54, 1.807) is 6.21 Å². The summed E-state index contributed by atoms with van der Waals surface area (Å²) in [6, 6.07) is 26.4. The number of aromatic nitrogens is 2. The molecule has 0 fully saturated rings. The fourth-order valence-electron chi connectivity index (χ4n) is 3.08. The molecule has 146 valence electrons. The monoisotopic (exact) mass is 427 g/mol. The number of hydrogen-bond donors (Lipinski definition) is 0. The molecule has 2 aromatic heterocycles. The predicted molar refractivity (Wildman–Crippen MR) is 118 cm³/mol. The van der Waals surface area contributed by atoms with Crippen LogP contribution >= 0.6 is 0 Å². The number of nitrogens with zero attached hydrogens (tertiary/aromatic N) is 4. The molecule has 0 unspecified atom stereocenters. The zero-order chi connectivity index (χ0) is 20.1. The van der Waals surface area contributed by atoms with Gasteiger partial charge in [-0.05, 0) is 25.5 Å². The van der Waals surface area contributed by atoms with Gasteiger partial charge in [0.2, 0.25) is 5.69 Å². The van der Waals surface area contributed by atoms with Gasteiger partial charge in [-0.25, -0.2) is 4.58 Å². The Bertz CT molecular complexity index is 1140. The van der Waals surface area contributed by atoms with Crippen molar-refractivity contribution in [2.45, 2.75) is 13.3 Å². The summed E-state index contributed by atoms with van der Waals surface area (Å²) in [6.45, 7) is 2.09. The third-order valence-electron chi connectivity index (χ3n) is 4.67. The topological polar surface area (TPSA) is 43.6 Å². The van der Waals surface area contributed by atoms with E-state index in [2.05, 4.69) is 51.8 Å². The first-order valence-electron chi connectivity index (χ1n) is 9.64. The molecule has 4 aromatic rings. The Hall–Kier alpha value is -2.95. The molecule has 4 nitrogen and oxygen atoms in total. The smallest absolute Gasteiger partial charge is 0.660 e. The first kappa shape index (κ1) is 21.8. The Balaban J connectivity index is 0.00000256. The van der Waals surface area contributed by atoms with Gasteiger partial charge >= 0.3 is 21.7 Å². The molecule has 0 saturated heterocycles. The minimum Gasteiger partial charge on any atom is -0.660 e. The summed E-state index contributed by atoms with van der Waals surface area (Å²) in [5.41, 5.74) is 7.13. The molecule has 0 spiro atoms. The van der Waals surface area contributed by atoms with Crippen LogP contribution in [0.15, 0.2) is 83.9 Å². The van der Waals surface area contributed by atoms with Crippen molar-refractivity contribution in [3.05, 3.63) is 107 Å². The molecule has 0 aliphatic heterocycles. The summed E-state index contributed by atoms with van der Waals surface area (Å²) >= 11 is 0. The Morgan fingerprint density at radius 1 is 0.800 bits per heavy atom. The van der Waals surface area contributed by atoms with Gasteiger partial charge in [-0.2, -0.15) is 11.4 Å². The van der Waals surface area contributed by atoms with E-state index in [0.717, 1.165) is 34.2 Å². The van der Waals surface area contributed by atoms with Gasteiger partial charge in [-0.3, -0.25) is 4.99 Å². The average Bonchev–Trinajstić information content (AvgIpc) is 3.37. The van der Waals surface area contributed by atoms with Crippen LogP contribution < -0.4 is 9.97 Å². The third-order valence-corrected chi connectivity index (χ3v) is 4.67. The van der Waals surface area contributed by atoms with Gasteiger partial charge in [0.15, 0.2) is 6.21 Å². The van der Waals surface area contributed by atoms with E-state index in [1.807, 2.05) is 61.8 Å². The number of rotatable bonds is 6. The van der Waals surface area contributed by atoms with Crippen LogP contribution in [0.3, 0.4) is 0 Å². The molecular weight excluding hydrogens is 404 g/mol. The second-order valence-corrected chi connectivity index (χ2v) is 7.07. The summed E-state index contributed by atoms with van der Waals surface area (Å²) < 4.78 is 2.09. The fraction of sp³-hybridized carbons (Fsp3) is 0.120. The molecule has 30 heavy (non-hydrogen) atoms. The molecule has 2 aromatic carbocycles. The van der Waals surface area contributed by atoms with Crippen LogP contribution in [0.25, 0.3) is 0 Å². The summed E-state index contributed by atoms with van der Waals surface area (Å²) in [6.07, 6.45) is 4.55. The van der Waals surface area contributed by atoms with Crippen molar-refractivity contribution >= 4 is 23.8 Å². The van der Waals surface area contributed by atoms with Crippen molar-refractivity contribution in [3.63, 3.8) is 0 Å². The van der Waals surface area contributed by atoms with E-state index in [-0.39, 0.29) is 21.7 Å². The Morgan fingerprint density at radius 2 is 1.43 bits per heavy atom. The van der Waals surface area contributed by atoms with Gasteiger partial charge in [-0.15, -0.1) is 5.69 Å². The molecule has 0 radical (unpaired) electrons. The van der Waals surface area contributed by atoms with Crippen molar-refractivity contribution in [1.29, 1.82) is 0 Å². The fourth-order valence-corrected chi connectivity index (χ4v) is 3.08. The number of para-hydroxylation sites is 1. The molecular formula is C25H23N4Ti+. The molecule has 4 rings (SSSR count). The van der Waals surface area contributed by atoms with Gasteiger partial charge in [0, 0.05) is 18.3 Å². The molecule has 5 heteroatoms. The number of benzene rings is 2. The zero-order valence-electron chi connectivity index (χ0n) is 17.2. The van der Waals surface area contributed by atoms with Gasteiger partial charge in [0.1, 0.15) is 7.05 Å². The second-order valence-electron chi connectivity index (χ2n) is 7.07. The molecule has 0 saturated carbocycles. The van der Waals surface area contributed by atoms with Crippen LogP contribution in [-0.4, -0.2) is 24.1 Å². The van der Waals surface area contributed by atoms with Gasteiger partial charge in [-0.1, -0.05) is 65.9 Å². The van der Waals surface area contributed by atoms with Gasteiger partial charge in [0.05, 0.1) is 5.69 Å². The van der Waals surface area contributed by atoms with Crippen molar-refractivity contribution in [3.8, 4) is 0 Å². The van der Waals surface area contributed by atoms with E-state index < -0.39 is 0 Å². The second kappa shape index (κ2) is 10.2. The van der Waals surface area contributed by atoms with E-state index >= 15 is 0 Å². The zero-order valence-corrected chi connectivity index (χ0v) is 18.7. The van der Waals surface area contributed by atoms with Gasteiger partial charge < -0.3 is 9.97 Å². The molecule has 0 amide bonds. The SMILES string of the molecule is Cc1ccc([N+](C)=Cc2ccc(Cc3ccc(C=Nc4ccccc4)[n-]3)[n-]2)cc1.[Ti+2]. The van der Waals surface area contributed by atoms with Crippen LogP contribution in [0.1, 0.15) is 28.3 Å². The minimum atomic E-state index is 0. The molecule has 2 heterocycles. The number of aliphatic imine (C=N–C) groups is 1. The molecule has 0 atom stereocenters. The molecule has 0 N–H and O–H groups in total. The summed E-state index contributed by atoms with van der Waals surface area (Å²) in [4.78, 5) is 13.8. The molecule has 0 aliphatic rings. The van der Waals surface area contributed by atoms with Crippen molar-refractivity contribution in [2.24, 2.45) is 4.99 Å². The first-order valence-corrected chi connectivity index (χ1v) is 9.64. The van der Waals surface area contributed by atoms with E-state index in [0.29, 0.717) is 6.42 Å². The van der Waals surface area contributed by atoms with E-state index in [1.165, 1.54) is 5.56 Å². The van der Waals surface area contributed by atoms with Crippen LogP contribution in [0.4, 0.5) is 11.4 Å². The Labute approximate surface area is 192 Å². The largest absolute Gasteiger partial charge is 2.00 e. The third kappa shape index (κ3) is 5.79. The summed E-state index contributed by atoms with van der Waals surface area (Å²) in [7, 11) is 2.04. The minimum absolute atomic E-state index is 0. The summed E-state index contributed by atoms with van der Waals surface area (Å²) in [5, 5.41) is 0. The molecule has 0 aliphatic carbocycles. The normalized spacial score (nSPS) is 11.6. The molecule has 0 bridgehead atoms. The Morgan fingerprint density at radius 3 is 2.13 bits per heavy atom. The maximum absolute atomic E-state index is 4.72. The standard InChI is InChI=1S/C25H23N4.Ti/c1-19-8-14-25(15-9-19)29(2)18-24-13-11-22(28-24)16-21-10-12-23(27-21)17-26-20-6-4-3-5-7-20;/h3-15,17-18H,16H2,1-2H3;/q-1;+2. The summed E-state index contributed by atoms with van der Waals surface area (Å²) in [5.74, 6) is 0. The van der Waals surface area contributed by atoms with Crippen molar-refractivity contribution in [2.75, 3.05) is 7.05 Å². The van der Waals surface area contributed by atoms with E-state index in [4.69, 9.17) is 4.98 Å². The Kier molecular flexibility index (Phi) is 7.39. The van der Waals surface area contributed by atoms with Crippen LogP contribution in [-0.2, 0) is 28.1 Å². The van der Waals surface area contributed by atoms with Crippen LogP contribution in [0.5, 0.6) is 0 Å². The van der Waals surface area contributed by atoms with E-state index in [9.17, 15) is 0 Å². The number of hydrogen-bond acceptors (Lipinski definition) is 1. The maximum Gasteiger partial charge on any atom is 2.00 e. The van der Waals surface area contributed by atoms with Crippen LogP contribution in [0, 0.1) is 6.92 Å². The van der Waals surface area contributed by atoms with Gasteiger partial charge in [0.25, 0.3) is 0 Å². The quantitative estimate of drug-likeness (QED) is 0.256. The first-order chi connectivity index (χ1) is 14.2. The average molecular weight is 427 g/mol. The van der Waals surface area contributed by atoms with Crippen molar-refractivity contribution < 1.29 is 26.3 Å². The number of aryl methyl sites for hydroxylation is 1. The van der Waals surface area contributed by atoms with Crippen molar-refractivity contribution in [1.82, 2.24) is 9.97 Å². The maximum atomic E-state index is 4.72.